The lowest BCUT2D eigenvalue weighted by Crippen LogP contribution is -2.05. The molecule has 1 aliphatic rings. The molecule has 0 unspecified atom stereocenters. The summed E-state index contributed by atoms with van der Waals surface area (Å²) in [5, 5.41) is 0.570. The van der Waals surface area contributed by atoms with E-state index in [9.17, 15) is 13.2 Å². The first kappa shape index (κ1) is 17.2. The number of hydrogen-bond donors (Lipinski definition) is 0. The van der Waals surface area contributed by atoms with Crippen LogP contribution in [0.4, 0.5) is 0 Å². The van der Waals surface area contributed by atoms with Crippen molar-refractivity contribution in [1.29, 1.82) is 0 Å². The van der Waals surface area contributed by atoms with Crippen molar-refractivity contribution >= 4 is 39.7 Å². The summed E-state index contributed by atoms with van der Waals surface area (Å²) >= 11 is 5.83. The summed E-state index contributed by atoms with van der Waals surface area (Å²) in [6.45, 7) is 0. The minimum Gasteiger partial charge on any atom is -0.402 e. The minimum atomic E-state index is -3.58. The van der Waals surface area contributed by atoms with Crippen LogP contribution in [0, 0.1) is 0 Å². The van der Waals surface area contributed by atoms with E-state index in [2.05, 4.69) is 4.99 Å². The standard InChI is InChI=1S/C17H12ClNO5S/c1-25(21,22)24-14-8-2-11(3-9-14)10-15-17(20)23-16(19-15)12-4-6-13(18)7-5-12/h2-10H,1H3/b15-10-. The normalized spacial score (nSPS) is 15.8. The molecule has 0 saturated carbocycles. The van der Waals surface area contributed by atoms with Crippen LogP contribution < -0.4 is 4.18 Å². The Morgan fingerprint density at radius 3 is 2.32 bits per heavy atom. The van der Waals surface area contributed by atoms with Gasteiger partial charge < -0.3 is 8.92 Å². The number of esters is 1. The third-order valence-electron chi connectivity index (χ3n) is 3.14. The molecule has 0 fully saturated rings. The number of carbonyl (C=O) groups excluding carboxylic acids is 1. The Hall–Kier alpha value is -2.64. The quantitative estimate of drug-likeness (QED) is 0.464. The maximum atomic E-state index is 11.9. The molecular formula is C17H12ClNO5S. The largest absolute Gasteiger partial charge is 0.402 e. The first-order valence-corrected chi connectivity index (χ1v) is 9.28. The Morgan fingerprint density at radius 2 is 1.72 bits per heavy atom. The fraction of sp³-hybridized carbons (Fsp3) is 0.0588. The van der Waals surface area contributed by atoms with Gasteiger partial charge in [-0.3, -0.25) is 0 Å². The van der Waals surface area contributed by atoms with Crippen LogP contribution >= 0.6 is 11.6 Å². The predicted molar refractivity (Wildman–Crippen MR) is 94.0 cm³/mol. The molecule has 3 rings (SSSR count). The third-order valence-corrected chi connectivity index (χ3v) is 3.89. The van der Waals surface area contributed by atoms with Gasteiger partial charge in [0, 0.05) is 10.6 Å². The van der Waals surface area contributed by atoms with Gasteiger partial charge in [-0.15, -0.1) is 0 Å². The summed E-state index contributed by atoms with van der Waals surface area (Å²) in [5.41, 5.74) is 1.42. The van der Waals surface area contributed by atoms with E-state index in [0.717, 1.165) is 6.26 Å². The van der Waals surface area contributed by atoms with Crippen molar-refractivity contribution in [3.05, 3.63) is 70.4 Å². The summed E-state index contributed by atoms with van der Waals surface area (Å²) in [6.07, 6.45) is 2.50. The Kier molecular flexibility index (Phi) is 4.61. The molecule has 2 aromatic carbocycles. The van der Waals surface area contributed by atoms with E-state index < -0.39 is 16.1 Å². The monoisotopic (exact) mass is 377 g/mol. The number of cyclic esters (lactones) is 1. The zero-order chi connectivity index (χ0) is 18.0. The molecule has 25 heavy (non-hydrogen) atoms. The van der Waals surface area contributed by atoms with Gasteiger partial charge in [-0.05, 0) is 48.0 Å². The van der Waals surface area contributed by atoms with Crippen LogP contribution in [0.5, 0.6) is 5.75 Å². The van der Waals surface area contributed by atoms with Gasteiger partial charge in [-0.1, -0.05) is 23.7 Å². The van der Waals surface area contributed by atoms with Gasteiger partial charge in [0.25, 0.3) is 0 Å². The molecule has 0 N–H and O–H groups in total. The van der Waals surface area contributed by atoms with E-state index in [1.54, 1.807) is 36.4 Å². The average Bonchev–Trinajstić information content (AvgIpc) is 2.89. The molecule has 6 nitrogen and oxygen atoms in total. The van der Waals surface area contributed by atoms with Crippen LogP contribution in [0.3, 0.4) is 0 Å². The third kappa shape index (κ3) is 4.46. The average molecular weight is 378 g/mol. The van der Waals surface area contributed by atoms with Crippen LogP contribution in [0.25, 0.3) is 6.08 Å². The Balaban J connectivity index is 1.83. The Morgan fingerprint density at radius 1 is 1.08 bits per heavy atom. The van der Waals surface area contributed by atoms with E-state index >= 15 is 0 Å². The molecule has 0 atom stereocenters. The molecule has 0 saturated heterocycles. The lowest BCUT2D eigenvalue weighted by molar-refractivity contribution is -0.129. The van der Waals surface area contributed by atoms with E-state index in [4.69, 9.17) is 20.5 Å². The highest BCUT2D eigenvalue weighted by atomic mass is 35.5. The maximum Gasteiger partial charge on any atom is 0.363 e. The maximum absolute atomic E-state index is 11.9. The van der Waals surface area contributed by atoms with Crippen molar-refractivity contribution in [2.45, 2.75) is 0 Å². The van der Waals surface area contributed by atoms with Gasteiger partial charge in [-0.25, -0.2) is 9.79 Å². The minimum absolute atomic E-state index is 0.140. The molecule has 1 aliphatic heterocycles. The van der Waals surface area contributed by atoms with Gasteiger partial charge in [-0.2, -0.15) is 8.42 Å². The van der Waals surface area contributed by atoms with Crippen LogP contribution in [0.15, 0.2) is 59.2 Å². The lowest BCUT2D eigenvalue weighted by atomic mass is 10.2. The highest BCUT2D eigenvalue weighted by molar-refractivity contribution is 7.86. The number of halogens is 1. The van der Waals surface area contributed by atoms with Crippen molar-refractivity contribution in [3.8, 4) is 5.75 Å². The van der Waals surface area contributed by atoms with Gasteiger partial charge in [0.15, 0.2) is 5.70 Å². The number of rotatable bonds is 4. The smallest absolute Gasteiger partial charge is 0.363 e. The number of benzene rings is 2. The number of ether oxygens (including phenoxy) is 1. The van der Waals surface area contributed by atoms with Crippen molar-refractivity contribution in [2.75, 3.05) is 6.26 Å². The highest BCUT2D eigenvalue weighted by Gasteiger charge is 2.24. The van der Waals surface area contributed by atoms with Crippen LogP contribution in [-0.2, 0) is 19.6 Å². The first-order chi connectivity index (χ1) is 11.8. The van der Waals surface area contributed by atoms with E-state index in [-0.39, 0.29) is 17.3 Å². The zero-order valence-corrected chi connectivity index (χ0v) is 14.5. The summed E-state index contributed by atoms with van der Waals surface area (Å²) < 4.78 is 32.1. The van der Waals surface area contributed by atoms with E-state index in [1.165, 1.54) is 18.2 Å². The molecule has 0 bridgehead atoms. The number of aliphatic imine (C=N–C) groups is 1. The second-order valence-electron chi connectivity index (χ2n) is 5.20. The molecule has 1 heterocycles. The summed E-state index contributed by atoms with van der Waals surface area (Å²) in [6, 6.07) is 12.9. The first-order valence-electron chi connectivity index (χ1n) is 7.08. The molecule has 0 amide bonds. The van der Waals surface area contributed by atoms with Crippen molar-refractivity contribution in [2.24, 2.45) is 4.99 Å². The Bertz CT molecular complexity index is 977. The van der Waals surface area contributed by atoms with Crippen molar-refractivity contribution < 1.29 is 22.1 Å². The van der Waals surface area contributed by atoms with E-state index in [0.29, 0.717) is 16.1 Å². The molecule has 0 aliphatic carbocycles. The molecule has 128 valence electrons. The van der Waals surface area contributed by atoms with Crippen LogP contribution in [0.2, 0.25) is 5.02 Å². The summed E-state index contributed by atoms with van der Waals surface area (Å²) in [4.78, 5) is 16.1. The number of carbonyl (C=O) groups is 1. The topological polar surface area (TPSA) is 82.0 Å². The molecule has 0 radical (unpaired) electrons. The lowest BCUT2D eigenvalue weighted by Gasteiger charge is -2.02. The molecule has 8 heteroatoms. The van der Waals surface area contributed by atoms with E-state index in [1.807, 2.05) is 0 Å². The van der Waals surface area contributed by atoms with Gasteiger partial charge in [0.2, 0.25) is 5.90 Å². The predicted octanol–water partition coefficient (Wildman–Crippen LogP) is 3.02. The van der Waals surface area contributed by atoms with Crippen molar-refractivity contribution in [1.82, 2.24) is 0 Å². The summed E-state index contributed by atoms with van der Waals surface area (Å²) in [7, 11) is -3.58. The van der Waals surface area contributed by atoms with Gasteiger partial charge in [0.05, 0.1) is 6.26 Å². The molecular weight excluding hydrogens is 366 g/mol. The molecule has 0 spiro atoms. The number of nitrogens with zero attached hydrogens (tertiary/aromatic N) is 1. The summed E-state index contributed by atoms with van der Waals surface area (Å²) in [5.74, 6) is -0.185. The molecule has 0 aromatic heterocycles. The second kappa shape index (κ2) is 6.70. The SMILES string of the molecule is CS(=O)(=O)Oc1ccc(/C=C2\N=C(c3ccc(Cl)cc3)OC2=O)cc1. The van der Waals surface area contributed by atoms with Crippen LogP contribution in [0.1, 0.15) is 11.1 Å². The Labute approximate surface area is 149 Å². The fourth-order valence-electron chi connectivity index (χ4n) is 2.08. The highest BCUT2D eigenvalue weighted by Crippen LogP contribution is 2.21. The van der Waals surface area contributed by atoms with Crippen LogP contribution in [-0.4, -0.2) is 26.5 Å². The second-order valence-corrected chi connectivity index (χ2v) is 7.21. The van der Waals surface area contributed by atoms with Gasteiger partial charge in [0.1, 0.15) is 5.75 Å². The van der Waals surface area contributed by atoms with Crippen molar-refractivity contribution in [3.63, 3.8) is 0 Å². The zero-order valence-electron chi connectivity index (χ0n) is 13.0. The number of hydrogen-bond acceptors (Lipinski definition) is 6. The van der Waals surface area contributed by atoms with Gasteiger partial charge >= 0.3 is 16.1 Å². The fourth-order valence-corrected chi connectivity index (χ4v) is 2.66. The molecule has 2 aromatic rings.